The predicted molar refractivity (Wildman–Crippen MR) is 59.8 cm³/mol. The van der Waals surface area contributed by atoms with Crippen LogP contribution in [0, 0.1) is 11.9 Å². The van der Waals surface area contributed by atoms with E-state index in [9.17, 15) is 9.18 Å². The molecule has 0 unspecified atom stereocenters. The van der Waals surface area contributed by atoms with Crippen LogP contribution in [0.2, 0.25) is 0 Å². The molecule has 0 atom stereocenters. The first-order valence-electron chi connectivity index (χ1n) is 5.71. The second-order valence-electron chi connectivity index (χ2n) is 4.38. The molecule has 0 amide bonds. The topological polar surface area (TPSA) is 53.4 Å². The first kappa shape index (κ1) is 12.0. The van der Waals surface area contributed by atoms with Gasteiger partial charge < -0.3 is 5.11 Å². The van der Waals surface area contributed by atoms with Crippen LogP contribution in [-0.4, -0.2) is 34.0 Å². The Morgan fingerprint density at radius 3 is 2.82 bits per heavy atom. The summed E-state index contributed by atoms with van der Waals surface area (Å²) in [5, 5.41) is 8.87. The van der Waals surface area contributed by atoms with Gasteiger partial charge in [0.25, 0.3) is 0 Å². The molecule has 0 radical (unpaired) electrons. The monoisotopic (exact) mass is 238 g/mol. The van der Waals surface area contributed by atoms with Crippen LogP contribution in [0.3, 0.4) is 0 Å². The number of hydrogen-bond acceptors (Lipinski definition) is 3. The molecule has 2 rings (SSSR count). The number of likely N-dealkylation sites (tertiary alicyclic amines) is 1. The van der Waals surface area contributed by atoms with Crippen molar-refractivity contribution >= 4 is 5.97 Å². The lowest BCUT2D eigenvalue weighted by molar-refractivity contribution is -0.143. The molecule has 1 N–H and O–H groups in total. The summed E-state index contributed by atoms with van der Waals surface area (Å²) in [7, 11) is 0. The molecule has 1 aliphatic heterocycles. The Bertz CT molecular complexity index is 403. The zero-order valence-electron chi connectivity index (χ0n) is 9.47. The largest absolute Gasteiger partial charge is 0.481 e. The van der Waals surface area contributed by atoms with Gasteiger partial charge in [0.05, 0.1) is 5.92 Å². The minimum atomic E-state index is -0.709. The molecule has 4 nitrogen and oxygen atoms in total. The average Bonchev–Trinajstić information content (AvgIpc) is 2.29. The molecule has 1 aromatic heterocycles. The summed E-state index contributed by atoms with van der Waals surface area (Å²) in [6.07, 6.45) is 2.79. The molecule has 0 spiro atoms. The number of carboxylic acid groups (broad SMARTS) is 1. The van der Waals surface area contributed by atoms with Crippen LogP contribution in [0.25, 0.3) is 0 Å². The third kappa shape index (κ3) is 3.23. The Labute approximate surface area is 99.1 Å². The minimum Gasteiger partial charge on any atom is -0.481 e. The van der Waals surface area contributed by atoms with Crippen molar-refractivity contribution in [3.63, 3.8) is 0 Å². The summed E-state index contributed by atoms with van der Waals surface area (Å²) in [6.45, 7) is 2.16. The molecule has 1 aliphatic rings. The van der Waals surface area contributed by atoms with Gasteiger partial charge in [0, 0.05) is 12.7 Å². The number of carbonyl (C=O) groups is 1. The Morgan fingerprint density at radius 2 is 2.24 bits per heavy atom. The molecule has 92 valence electrons. The number of halogens is 1. The van der Waals surface area contributed by atoms with Crippen LogP contribution in [0.4, 0.5) is 4.39 Å². The highest BCUT2D eigenvalue weighted by atomic mass is 19.1. The number of aromatic nitrogens is 1. The first-order valence-corrected chi connectivity index (χ1v) is 5.71. The molecular weight excluding hydrogens is 223 g/mol. The smallest absolute Gasteiger partial charge is 0.306 e. The molecule has 17 heavy (non-hydrogen) atoms. The maximum Gasteiger partial charge on any atom is 0.306 e. The highest BCUT2D eigenvalue weighted by Gasteiger charge is 2.24. The number of nitrogens with zero attached hydrogens (tertiary/aromatic N) is 2. The van der Waals surface area contributed by atoms with Gasteiger partial charge in [-0.15, -0.1) is 0 Å². The van der Waals surface area contributed by atoms with Crippen LogP contribution in [0.15, 0.2) is 18.3 Å². The molecule has 0 aliphatic carbocycles. The fraction of sp³-hybridized carbons (Fsp3) is 0.500. The van der Waals surface area contributed by atoms with Crippen LogP contribution in [0.1, 0.15) is 18.4 Å². The SMILES string of the molecule is O=C(O)C1CCN(Cc2ccnc(F)c2)CC1. The van der Waals surface area contributed by atoms with E-state index < -0.39 is 11.9 Å². The summed E-state index contributed by atoms with van der Waals surface area (Å²) >= 11 is 0. The highest BCUT2D eigenvalue weighted by molar-refractivity contribution is 5.70. The van der Waals surface area contributed by atoms with E-state index in [-0.39, 0.29) is 5.92 Å². The minimum absolute atomic E-state index is 0.222. The normalized spacial score (nSPS) is 18.2. The van der Waals surface area contributed by atoms with E-state index >= 15 is 0 Å². The molecular formula is C12H15FN2O2. The van der Waals surface area contributed by atoms with Crippen molar-refractivity contribution in [1.82, 2.24) is 9.88 Å². The van der Waals surface area contributed by atoms with Gasteiger partial charge in [-0.2, -0.15) is 4.39 Å². The van der Waals surface area contributed by atoms with E-state index in [4.69, 9.17) is 5.11 Å². The van der Waals surface area contributed by atoms with E-state index in [1.54, 1.807) is 6.07 Å². The van der Waals surface area contributed by atoms with E-state index in [0.717, 1.165) is 18.7 Å². The Kier molecular flexibility index (Phi) is 3.68. The van der Waals surface area contributed by atoms with Crippen LogP contribution < -0.4 is 0 Å². The fourth-order valence-electron chi connectivity index (χ4n) is 2.14. The van der Waals surface area contributed by atoms with Gasteiger partial charge in [0.15, 0.2) is 0 Å². The van der Waals surface area contributed by atoms with Gasteiger partial charge >= 0.3 is 5.97 Å². The van der Waals surface area contributed by atoms with Gasteiger partial charge in [-0.1, -0.05) is 0 Å². The van der Waals surface area contributed by atoms with Crippen LogP contribution in [0.5, 0.6) is 0 Å². The first-order chi connectivity index (χ1) is 8.15. The lowest BCUT2D eigenvalue weighted by atomic mass is 9.97. The maximum atomic E-state index is 12.9. The summed E-state index contributed by atoms with van der Waals surface area (Å²) in [6, 6.07) is 3.20. The number of aliphatic carboxylic acids is 1. The summed E-state index contributed by atoms with van der Waals surface area (Å²) in [4.78, 5) is 16.4. The molecule has 0 saturated carbocycles. The predicted octanol–water partition coefficient (Wildman–Crippen LogP) is 1.52. The number of rotatable bonds is 3. The van der Waals surface area contributed by atoms with E-state index in [0.29, 0.717) is 19.4 Å². The van der Waals surface area contributed by atoms with Gasteiger partial charge in [-0.3, -0.25) is 9.69 Å². The summed E-state index contributed by atoms with van der Waals surface area (Å²) in [5.41, 5.74) is 0.881. The number of hydrogen-bond donors (Lipinski definition) is 1. The zero-order chi connectivity index (χ0) is 12.3. The Morgan fingerprint density at radius 1 is 1.53 bits per heavy atom. The highest BCUT2D eigenvalue weighted by Crippen LogP contribution is 2.19. The molecule has 5 heteroatoms. The maximum absolute atomic E-state index is 12.9. The Balaban J connectivity index is 1.88. The van der Waals surface area contributed by atoms with Crippen molar-refractivity contribution in [1.29, 1.82) is 0 Å². The summed E-state index contributed by atoms with van der Waals surface area (Å²) in [5.74, 6) is -1.40. The molecule has 2 heterocycles. The lowest BCUT2D eigenvalue weighted by Gasteiger charge is -2.29. The number of piperidine rings is 1. The molecule has 1 aromatic rings. The molecule has 1 fully saturated rings. The second kappa shape index (κ2) is 5.23. The van der Waals surface area contributed by atoms with E-state index in [2.05, 4.69) is 9.88 Å². The van der Waals surface area contributed by atoms with Gasteiger partial charge in [-0.05, 0) is 43.6 Å². The van der Waals surface area contributed by atoms with E-state index in [1.807, 2.05) is 0 Å². The van der Waals surface area contributed by atoms with Crippen molar-refractivity contribution < 1.29 is 14.3 Å². The molecule has 1 saturated heterocycles. The van der Waals surface area contributed by atoms with Crippen molar-refractivity contribution in [2.75, 3.05) is 13.1 Å². The van der Waals surface area contributed by atoms with Crippen molar-refractivity contribution in [3.8, 4) is 0 Å². The van der Waals surface area contributed by atoms with Crippen LogP contribution >= 0.6 is 0 Å². The van der Waals surface area contributed by atoms with Crippen molar-refractivity contribution in [3.05, 3.63) is 29.8 Å². The fourth-order valence-corrected chi connectivity index (χ4v) is 2.14. The third-order valence-electron chi connectivity index (χ3n) is 3.13. The van der Waals surface area contributed by atoms with Crippen LogP contribution in [-0.2, 0) is 11.3 Å². The number of pyridine rings is 1. The third-order valence-corrected chi connectivity index (χ3v) is 3.13. The van der Waals surface area contributed by atoms with Gasteiger partial charge in [0.2, 0.25) is 5.95 Å². The van der Waals surface area contributed by atoms with Crippen molar-refractivity contribution in [2.24, 2.45) is 5.92 Å². The summed E-state index contributed by atoms with van der Waals surface area (Å²) < 4.78 is 12.9. The van der Waals surface area contributed by atoms with Crippen molar-refractivity contribution in [2.45, 2.75) is 19.4 Å². The van der Waals surface area contributed by atoms with Gasteiger partial charge in [-0.25, -0.2) is 4.98 Å². The number of carboxylic acids is 1. The van der Waals surface area contributed by atoms with Gasteiger partial charge in [0.1, 0.15) is 0 Å². The zero-order valence-corrected chi connectivity index (χ0v) is 9.47. The van der Waals surface area contributed by atoms with E-state index in [1.165, 1.54) is 12.3 Å². The lowest BCUT2D eigenvalue weighted by Crippen LogP contribution is -2.35. The standard InChI is InChI=1S/C12H15FN2O2/c13-11-7-9(1-4-14-11)8-15-5-2-10(3-6-15)12(16)17/h1,4,7,10H,2-3,5-6,8H2,(H,16,17). The Hall–Kier alpha value is -1.49. The average molecular weight is 238 g/mol. The quantitative estimate of drug-likeness (QED) is 0.811. The second-order valence-corrected chi connectivity index (χ2v) is 4.38. The molecule has 0 bridgehead atoms. The molecule has 0 aromatic carbocycles.